The number of amides is 2. The molecule has 0 aliphatic rings. The average molecular weight is 482 g/mol. The van der Waals surface area contributed by atoms with E-state index in [1.54, 1.807) is 6.20 Å². The molecule has 1 aromatic carbocycles. The number of aromatic hydroxyl groups is 1. The number of carboxylic acid groups (broad SMARTS) is 1. The van der Waals surface area contributed by atoms with Gasteiger partial charge in [-0.15, -0.1) is 0 Å². The van der Waals surface area contributed by atoms with Gasteiger partial charge < -0.3 is 26.2 Å². The second-order valence-electron chi connectivity index (χ2n) is 7.22. The first-order valence-electron chi connectivity index (χ1n) is 10.1. The van der Waals surface area contributed by atoms with Gasteiger partial charge in [0, 0.05) is 30.8 Å². The fraction of sp³-hybridized carbons (Fsp3) is 0.333. The minimum Gasteiger partial charge on any atom is -0.502 e. The van der Waals surface area contributed by atoms with E-state index in [-0.39, 0.29) is 47.4 Å². The SMILES string of the molecule is Cc1ccnc(NCCCC(=O)NCC(=O)NC(CC(=O)O)c2cccc([N+](=O)[O-])c2O)c1.[Na+]. The van der Waals surface area contributed by atoms with Crippen LogP contribution in [0.25, 0.3) is 0 Å². The first-order valence-corrected chi connectivity index (χ1v) is 10.1. The van der Waals surface area contributed by atoms with Gasteiger partial charge in [-0.2, -0.15) is 0 Å². The molecule has 1 aromatic heterocycles. The molecule has 2 amide bonds. The second kappa shape index (κ2) is 14.1. The molecule has 0 bridgehead atoms. The van der Waals surface area contributed by atoms with E-state index in [2.05, 4.69) is 20.9 Å². The van der Waals surface area contributed by atoms with Gasteiger partial charge in [0.1, 0.15) is 5.82 Å². The summed E-state index contributed by atoms with van der Waals surface area (Å²) in [5.41, 5.74) is 0.331. The Morgan fingerprint density at radius 3 is 2.59 bits per heavy atom. The van der Waals surface area contributed by atoms with Gasteiger partial charge in [-0.1, -0.05) is 12.1 Å². The van der Waals surface area contributed by atoms with Gasteiger partial charge in [0.15, 0.2) is 5.75 Å². The van der Waals surface area contributed by atoms with Crippen LogP contribution in [0.1, 0.15) is 36.4 Å². The monoisotopic (exact) mass is 482 g/mol. The maximum absolute atomic E-state index is 12.2. The van der Waals surface area contributed by atoms with E-state index >= 15 is 0 Å². The normalized spacial score (nSPS) is 11.0. The Hall–Kier alpha value is -3.22. The summed E-state index contributed by atoms with van der Waals surface area (Å²) >= 11 is 0. The molecule has 0 aliphatic carbocycles. The number of para-hydroxylation sites is 1. The van der Waals surface area contributed by atoms with Crippen molar-refractivity contribution >= 4 is 29.3 Å². The van der Waals surface area contributed by atoms with Crippen molar-refractivity contribution in [2.24, 2.45) is 0 Å². The van der Waals surface area contributed by atoms with Crippen molar-refractivity contribution in [1.82, 2.24) is 15.6 Å². The number of hydrogen-bond acceptors (Lipinski definition) is 8. The number of nitrogens with one attached hydrogen (secondary N) is 3. The van der Waals surface area contributed by atoms with Crippen LogP contribution in [0, 0.1) is 17.0 Å². The number of phenols is 1. The van der Waals surface area contributed by atoms with Crippen LogP contribution < -0.4 is 45.5 Å². The Kier molecular flexibility index (Phi) is 12.0. The minimum absolute atomic E-state index is 0. The number of nitrogens with zero attached hydrogens (tertiary/aromatic N) is 2. The molecular weight excluding hydrogens is 457 g/mol. The molecule has 176 valence electrons. The Bertz CT molecular complexity index is 1030. The summed E-state index contributed by atoms with van der Waals surface area (Å²) in [5.74, 6) is -2.40. The van der Waals surface area contributed by atoms with Gasteiger partial charge in [0.2, 0.25) is 11.8 Å². The summed E-state index contributed by atoms with van der Waals surface area (Å²) in [7, 11) is 0. The number of hydrogen-bond donors (Lipinski definition) is 5. The number of carbonyl (C=O) groups is 3. The number of aryl methyl sites for hydroxylation is 1. The number of aromatic nitrogens is 1. The van der Waals surface area contributed by atoms with Crippen LogP contribution in [0.5, 0.6) is 5.75 Å². The van der Waals surface area contributed by atoms with Gasteiger partial charge >= 0.3 is 41.2 Å². The number of benzene rings is 1. The third kappa shape index (κ3) is 9.33. The van der Waals surface area contributed by atoms with Crippen LogP contribution >= 0.6 is 0 Å². The predicted octanol–water partition coefficient (Wildman–Crippen LogP) is -1.35. The Morgan fingerprint density at radius 1 is 1.21 bits per heavy atom. The Balaban J connectivity index is 0.00000578. The summed E-state index contributed by atoms with van der Waals surface area (Å²) in [5, 5.41) is 38.2. The van der Waals surface area contributed by atoms with E-state index < -0.39 is 47.2 Å². The molecule has 5 N–H and O–H groups in total. The van der Waals surface area contributed by atoms with Crippen LogP contribution in [0.15, 0.2) is 36.5 Å². The Morgan fingerprint density at radius 2 is 1.94 bits per heavy atom. The number of nitro groups is 1. The first kappa shape index (κ1) is 28.8. The van der Waals surface area contributed by atoms with Crippen LogP contribution in [0.3, 0.4) is 0 Å². The molecule has 2 aromatic rings. The maximum atomic E-state index is 12.2. The van der Waals surface area contributed by atoms with Crippen molar-refractivity contribution in [3.8, 4) is 5.75 Å². The third-order valence-electron chi connectivity index (χ3n) is 4.58. The standard InChI is InChI=1S/C21H25N5O7.Na/c1-13-7-9-23-17(10-13)22-8-3-6-18(27)24-12-19(28)25-15(11-20(29)30)14-4-2-5-16(21(14)31)26(32)33;/h2,4-5,7,9-10,15,31H,3,6,8,11-12H2,1H3,(H,22,23)(H,24,27)(H,25,28)(H,29,30);/q;+1. The van der Waals surface area contributed by atoms with Crippen molar-refractivity contribution in [3.63, 3.8) is 0 Å². The van der Waals surface area contributed by atoms with Gasteiger partial charge in [-0.25, -0.2) is 4.98 Å². The largest absolute Gasteiger partial charge is 1.00 e. The molecule has 34 heavy (non-hydrogen) atoms. The summed E-state index contributed by atoms with van der Waals surface area (Å²) in [6.45, 7) is 2.02. The summed E-state index contributed by atoms with van der Waals surface area (Å²) in [4.78, 5) is 49.7. The molecule has 0 fully saturated rings. The molecule has 0 spiro atoms. The molecule has 0 radical (unpaired) electrons. The fourth-order valence-electron chi connectivity index (χ4n) is 3.00. The van der Waals surface area contributed by atoms with Gasteiger partial charge in [0.25, 0.3) is 0 Å². The van der Waals surface area contributed by atoms with Crippen molar-refractivity contribution in [2.45, 2.75) is 32.2 Å². The first-order chi connectivity index (χ1) is 15.7. The van der Waals surface area contributed by atoms with Crippen molar-refractivity contribution < 1.29 is 59.1 Å². The van der Waals surface area contributed by atoms with Crippen LogP contribution in [-0.2, 0) is 14.4 Å². The van der Waals surface area contributed by atoms with E-state index in [1.807, 2.05) is 19.1 Å². The zero-order chi connectivity index (χ0) is 24.4. The van der Waals surface area contributed by atoms with Gasteiger partial charge in [-0.3, -0.25) is 24.5 Å². The average Bonchev–Trinajstić information content (AvgIpc) is 2.74. The molecule has 1 atom stereocenters. The third-order valence-corrected chi connectivity index (χ3v) is 4.58. The molecule has 1 unspecified atom stereocenters. The molecule has 1 heterocycles. The molecule has 0 saturated carbocycles. The summed E-state index contributed by atoms with van der Waals surface area (Å²) in [6.07, 6.45) is 1.70. The summed E-state index contributed by atoms with van der Waals surface area (Å²) < 4.78 is 0. The van der Waals surface area contributed by atoms with E-state index in [0.717, 1.165) is 11.6 Å². The van der Waals surface area contributed by atoms with Crippen LogP contribution in [0.2, 0.25) is 0 Å². The molecule has 13 heteroatoms. The summed E-state index contributed by atoms with van der Waals surface area (Å²) in [6, 6.07) is 6.13. The molecule has 12 nitrogen and oxygen atoms in total. The second-order valence-corrected chi connectivity index (χ2v) is 7.22. The zero-order valence-corrected chi connectivity index (χ0v) is 20.9. The van der Waals surface area contributed by atoms with E-state index in [0.29, 0.717) is 18.8 Å². The maximum Gasteiger partial charge on any atom is 1.00 e. The van der Waals surface area contributed by atoms with E-state index in [4.69, 9.17) is 5.11 Å². The van der Waals surface area contributed by atoms with Gasteiger partial charge in [0.05, 0.1) is 23.9 Å². The number of phenolic OH excluding ortho intramolecular Hbond substituents is 1. The number of anilines is 1. The Labute approximate surface area is 217 Å². The van der Waals surface area contributed by atoms with Crippen LogP contribution in [-0.4, -0.2) is 51.0 Å². The number of carboxylic acids is 1. The van der Waals surface area contributed by atoms with E-state index in [9.17, 15) is 29.6 Å². The number of aliphatic carboxylic acids is 1. The number of carbonyl (C=O) groups excluding carboxylic acids is 2. The van der Waals surface area contributed by atoms with Crippen molar-refractivity contribution in [3.05, 3.63) is 57.8 Å². The quantitative estimate of drug-likeness (QED) is 0.106. The van der Waals surface area contributed by atoms with Crippen molar-refractivity contribution in [2.75, 3.05) is 18.4 Å². The van der Waals surface area contributed by atoms with Gasteiger partial charge in [-0.05, 0) is 31.0 Å². The number of rotatable bonds is 12. The smallest absolute Gasteiger partial charge is 0.502 e. The minimum atomic E-state index is -1.29. The molecular formula is C21H25N5NaO7+. The fourth-order valence-corrected chi connectivity index (χ4v) is 3.00. The molecule has 0 aliphatic heterocycles. The van der Waals surface area contributed by atoms with Crippen LogP contribution in [0.4, 0.5) is 11.5 Å². The molecule has 2 rings (SSSR count). The number of pyridine rings is 1. The number of nitro benzene ring substituents is 1. The van der Waals surface area contributed by atoms with E-state index in [1.165, 1.54) is 12.1 Å². The zero-order valence-electron chi connectivity index (χ0n) is 18.9. The topological polar surface area (TPSA) is 184 Å². The predicted molar refractivity (Wildman–Crippen MR) is 118 cm³/mol. The van der Waals surface area contributed by atoms with Crippen molar-refractivity contribution in [1.29, 1.82) is 0 Å². The molecule has 0 saturated heterocycles.